The van der Waals surface area contributed by atoms with Gasteiger partial charge < -0.3 is 4.90 Å². The molecule has 0 saturated carbocycles. The van der Waals surface area contributed by atoms with Crippen molar-refractivity contribution in [2.24, 2.45) is 0 Å². The van der Waals surface area contributed by atoms with Gasteiger partial charge in [0, 0.05) is 24.3 Å². The molecule has 5 heteroatoms. The SMILES string of the molecule is Cc1cccc(C(=O)N(CCN2C(=O)c3ccccc3C2=O)c2ccc(C(C)(C)C)cc2)c1. The maximum Gasteiger partial charge on any atom is 0.261 e. The van der Waals surface area contributed by atoms with Gasteiger partial charge in [0.2, 0.25) is 0 Å². The van der Waals surface area contributed by atoms with E-state index in [0.29, 0.717) is 16.7 Å². The van der Waals surface area contributed by atoms with Crippen LogP contribution < -0.4 is 4.90 Å². The molecule has 4 rings (SSSR count). The predicted octanol–water partition coefficient (Wildman–Crippen LogP) is 5.24. The van der Waals surface area contributed by atoms with E-state index in [2.05, 4.69) is 20.8 Å². The molecule has 0 bridgehead atoms. The van der Waals surface area contributed by atoms with Crippen molar-refractivity contribution in [2.45, 2.75) is 33.1 Å². The summed E-state index contributed by atoms with van der Waals surface area (Å²) in [6.45, 7) is 8.68. The number of fused-ring (bicyclic) bond motifs is 1. The molecule has 0 atom stereocenters. The Morgan fingerprint density at radius 1 is 0.848 bits per heavy atom. The Morgan fingerprint density at radius 2 is 1.45 bits per heavy atom. The summed E-state index contributed by atoms with van der Waals surface area (Å²) in [7, 11) is 0. The highest BCUT2D eigenvalue weighted by Gasteiger charge is 2.35. The lowest BCUT2D eigenvalue weighted by Gasteiger charge is -2.27. The van der Waals surface area contributed by atoms with Gasteiger partial charge in [-0.15, -0.1) is 0 Å². The maximum absolute atomic E-state index is 13.5. The van der Waals surface area contributed by atoms with Gasteiger partial charge in [0.1, 0.15) is 0 Å². The topological polar surface area (TPSA) is 57.7 Å². The fourth-order valence-corrected chi connectivity index (χ4v) is 4.07. The van der Waals surface area contributed by atoms with E-state index in [0.717, 1.165) is 16.8 Å². The normalized spacial score (nSPS) is 13.3. The zero-order valence-corrected chi connectivity index (χ0v) is 19.5. The molecule has 0 aromatic heterocycles. The summed E-state index contributed by atoms with van der Waals surface area (Å²) in [6.07, 6.45) is 0. The number of hydrogen-bond donors (Lipinski definition) is 0. The molecule has 0 unspecified atom stereocenters. The molecular weight excluding hydrogens is 412 g/mol. The Hall–Kier alpha value is -3.73. The maximum atomic E-state index is 13.5. The number of aryl methyl sites for hydroxylation is 1. The Kier molecular flexibility index (Phi) is 5.90. The van der Waals surface area contributed by atoms with Crippen LogP contribution in [0, 0.1) is 6.92 Å². The van der Waals surface area contributed by atoms with Crippen LogP contribution in [0.3, 0.4) is 0 Å². The second-order valence-corrected chi connectivity index (χ2v) is 9.43. The van der Waals surface area contributed by atoms with Gasteiger partial charge in [-0.25, -0.2) is 0 Å². The first kappa shape index (κ1) is 22.5. The second kappa shape index (κ2) is 8.66. The van der Waals surface area contributed by atoms with Gasteiger partial charge in [-0.3, -0.25) is 19.3 Å². The number of benzene rings is 3. The first-order valence-electron chi connectivity index (χ1n) is 11.1. The Labute approximate surface area is 194 Å². The van der Waals surface area contributed by atoms with Crippen LogP contribution in [0.4, 0.5) is 5.69 Å². The molecule has 0 saturated heterocycles. The third kappa shape index (κ3) is 4.44. The number of imide groups is 1. The summed E-state index contributed by atoms with van der Waals surface area (Å²) in [5.74, 6) is -0.804. The molecule has 3 aromatic rings. The van der Waals surface area contributed by atoms with Crippen molar-refractivity contribution in [3.05, 3.63) is 101 Å². The highest BCUT2D eigenvalue weighted by atomic mass is 16.2. The summed E-state index contributed by atoms with van der Waals surface area (Å²) in [5, 5.41) is 0. The van der Waals surface area contributed by atoms with E-state index >= 15 is 0 Å². The van der Waals surface area contributed by atoms with E-state index in [1.54, 1.807) is 35.2 Å². The van der Waals surface area contributed by atoms with E-state index in [1.807, 2.05) is 49.4 Å². The fraction of sp³-hybridized carbons (Fsp3) is 0.250. The molecule has 0 N–H and O–H groups in total. The van der Waals surface area contributed by atoms with Gasteiger partial charge in [0.05, 0.1) is 11.1 Å². The minimum Gasteiger partial charge on any atom is -0.307 e. The molecule has 1 aliphatic rings. The smallest absolute Gasteiger partial charge is 0.261 e. The van der Waals surface area contributed by atoms with Gasteiger partial charge in [0.25, 0.3) is 17.7 Å². The molecule has 0 spiro atoms. The fourth-order valence-electron chi connectivity index (χ4n) is 4.07. The number of anilines is 1. The molecule has 1 aliphatic heterocycles. The van der Waals surface area contributed by atoms with Crippen LogP contribution >= 0.6 is 0 Å². The zero-order valence-electron chi connectivity index (χ0n) is 19.5. The van der Waals surface area contributed by atoms with Crippen LogP contribution in [-0.2, 0) is 5.41 Å². The summed E-state index contributed by atoms with van der Waals surface area (Å²) in [5.41, 5.74) is 4.26. The van der Waals surface area contributed by atoms with Crippen molar-refractivity contribution >= 4 is 23.4 Å². The molecule has 3 aromatic carbocycles. The van der Waals surface area contributed by atoms with Gasteiger partial charge in [0.15, 0.2) is 0 Å². The van der Waals surface area contributed by atoms with Crippen molar-refractivity contribution in [3.63, 3.8) is 0 Å². The number of amides is 3. The molecule has 1 heterocycles. The first-order valence-corrected chi connectivity index (χ1v) is 11.1. The molecule has 33 heavy (non-hydrogen) atoms. The molecule has 0 radical (unpaired) electrons. The van der Waals surface area contributed by atoms with Crippen LogP contribution in [0.5, 0.6) is 0 Å². The van der Waals surface area contributed by atoms with Crippen LogP contribution in [-0.4, -0.2) is 35.7 Å². The molecule has 168 valence electrons. The van der Waals surface area contributed by atoms with E-state index < -0.39 is 0 Å². The lowest BCUT2D eigenvalue weighted by atomic mass is 9.87. The summed E-state index contributed by atoms with van der Waals surface area (Å²) >= 11 is 0. The minimum absolute atomic E-state index is 0.00984. The lowest BCUT2D eigenvalue weighted by Crippen LogP contribution is -2.41. The number of nitrogens with zero attached hydrogens (tertiary/aromatic N) is 2. The second-order valence-electron chi connectivity index (χ2n) is 9.43. The third-order valence-corrected chi connectivity index (χ3v) is 5.98. The van der Waals surface area contributed by atoms with Crippen molar-refractivity contribution in [2.75, 3.05) is 18.0 Å². The average Bonchev–Trinajstić information content (AvgIpc) is 3.04. The molecule has 3 amide bonds. The highest BCUT2D eigenvalue weighted by molar-refractivity contribution is 6.21. The van der Waals surface area contributed by atoms with Crippen LogP contribution in [0.1, 0.15) is 63.0 Å². The van der Waals surface area contributed by atoms with Crippen molar-refractivity contribution < 1.29 is 14.4 Å². The summed E-state index contributed by atoms with van der Waals surface area (Å²) in [4.78, 5) is 42.0. The minimum atomic E-state index is -0.318. The van der Waals surface area contributed by atoms with Gasteiger partial charge >= 0.3 is 0 Å². The van der Waals surface area contributed by atoms with Crippen LogP contribution in [0.15, 0.2) is 72.8 Å². The van der Waals surface area contributed by atoms with Gasteiger partial charge in [-0.05, 0) is 54.3 Å². The molecule has 0 fully saturated rings. The number of rotatable bonds is 5. The van der Waals surface area contributed by atoms with Crippen molar-refractivity contribution in [1.29, 1.82) is 0 Å². The quantitative estimate of drug-likeness (QED) is 0.510. The highest BCUT2D eigenvalue weighted by Crippen LogP contribution is 2.27. The number of hydrogen-bond acceptors (Lipinski definition) is 3. The van der Waals surface area contributed by atoms with Crippen LogP contribution in [0.25, 0.3) is 0 Å². The Morgan fingerprint density at radius 3 is 2.00 bits per heavy atom. The lowest BCUT2D eigenvalue weighted by molar-refractivity contribution is 0.0654. The predicted molar refractivity (Wildman–Crippen MR) is 130 cm³/mol. The summed E-state index contributed by atoms with van der Waals surface area (Å²) in [6, 6.07) is 22.2. The van der Waals surface area contributed by atoms with E-state index in [4.69, 9.17) is 0 Å². The third-order valence-electron chi connectivity index (χ3n) is 5.98. The number of carbonyl (C=O) groups is 3. The molecule has 5 nitrogen and oxygen atoms in total. The standard InChI is InChI=1S/C28H28N2O3/c1-19-8-7-9-20(18-19)25(31)29(22-14-12-21(13-15-22)28(2,3)4)16-17-30-26(32)23-10-5-6-11-24(23)27(30)33/h5-15,18H,16-17H2,1-4H3. The molecule has 0 aliphatic carbocycles. The van der Waals surface area contributed by atoms with Crippen molar-refractivity contribution in [1.82, 2.24) is 4.90 Å². The van der Waals surface area contributed by atoms with Gasteiger partial charge in [-0.2, -0.15) is 0 Å². The summed E-state index contributed by atoms with van der Waals surface area (Å²) < 4.78 is 0. The van der Waals surface area contributed by atoms with Crippen molar-refractivity contribution in [3.8, 4) is 0 Å². The largest absolute Gasteiger partial charge is 0.307 e. The van der Waals surface area contributed by atoms with Crippen LogP contribution in [0.2, 0.25) is 0 Å². The van der Waals surface area contributed by atoms with E-state index in [9.17, 15) is 14.4 Å². The average molecular weight is 441 g/mol. The Balaban J connectivity index is 1.63. The van der Waals surface area contributed by atoms with E-state index in [1.165, 1.54) is 4.90 Å². The molecular formula is C28H28N2O3. The Bertz CT molecular complexity index is 1190. The van der Waals surface area contributed by atoms with E-state index in [-0.39, 0.29) is 36.2 Å². The first-order chi connectivity index (χ1) is 15.7. The zero-order chi connectivity index (χ0) is 23.8. The van der Waals surface area contributed by atoms with Gasteiger partial charge in [-0.1, -0.05) is 62.7 Å². The number of carbonyl (C=O) groups excluding carboxylic acids is 3. The monoisotopic (exact) mass is 440 g/mol.